The average molecular weight is 276 g/mol. The van der Waals surface area contributed by atoms with Gasteiger partial charge in [0.25, 0.3) is 5.91 Å². The van der Waals surface area contributed by atoms with E-state index in [9.17, 15) is 9.59 Å². The second-order valence-corrected chi connectivity index (χ2v) is 5.29. The Morgan fingerprint density at radius 3 is 2.65 bits per heavy atom. The number of ether oxygens (including phenoxy) is 1. The van der Waals surface area contributed by atoms with Crippen LogP contribution in [-0.4, -0.2) is 31.0 Å². The second-order valence-electron chi connectivity index (χ2n) is 5.29. The fraction of sp³-hybridized carbons (Fsp3) is 0.467. The molecule has 1 aliphatic heterocycles. The Bertz CT molecular complexity index is 482. The molecule has 1 fully saturated rings. The van der Waals surface area contributed by atoms with Gasteiger partial charge in [-0.05, 0) is 23.6 Å². The molecular weight excluding hydrogens is 256 g/mol. The molecule has 1 atom stereocenters. The summed E-state index contributed by atoms with van der Waals surface area (Å²) in [6, 6.07) is 7.60. The Kier molecular flexibility index (Phi) is 4.61. The molecule has 1 unspecified atom stereocenters. The highest BCUT2D eigenvalue weighted by atomic mass is 16.5. The van der Waals surface area contributed by atoms with Crippen molar-refractivity contribution in [3.05, 3.63) is 29.8 Å². The van der Waals surface area contributed by atoms with Gasteiger partial charge in [0, 0.05) is 13.0 Å². The summed E-state index contributed by atoms with van der Waals surface area (Å²) < 4.78 is 5.42. The zero-order chi connectivity index (χ0) is 14.5. The van der Waals surface area contributed by atoms with Crippen LogP contribution in [0.5, 0.6) is 5.75 Å². The molecule has 0 bridgehead atoms. The summed E-state index contributed by atoms with van der Waals surface area (Å²) in [6.45, 7) is 4.71. The topological polar surface area (TPSA) is 67.4 Å². The van der Waals surface area contributed by atoms with Crippen LogP contribution in [-0.2, 0) is 9.59 Å². The van der Waals surface area contributed by atoms with Gasteiger partial charge in [-0.25, -0.2) is 0 Å². The third-order valence-electron chi connectivity index (χ3n) is 3.26. The molecule has 1 heterocycles. The van der Waals surface area contributed by atoms with Crippen molar-refractivity contribution in [2.75, 3.05) is 13.2 Å². The highest BCUT2D eigenvalue weighted by Gasteiger charge is 2.22. The third-order valence-corrected chi connectivity index (χ3v) is 3.26. The maximum atomic E-state index is 11.7. The Hall–Kier alpha value is -2.04. The van der Waals surface area contributed by atoms with Crippen LogP contribution in [0.2, 0.25) is 0 Å². The predicted octanol–water partition coefficient (Wildman–Crippen LogP) is 1.19. The van der Waals surface area contributed by atoms with E-state index in [1.807, 2.05) is 24.3 Å². The van der Waals surface area contributed by atoms with Crippen LogP contribution in [0.4, 0.5) is 0 Å². The molecule has 108 valence electrons. The van der Waals surface area contributed by atoms with E-state index in [1.54, 1.807) is 0 Å². The highest BCUT2D eigenvalue weighted by Crippen LogP contribution is 2.18. The van der Waals surface area contributed by atoms with Crippen molar-refractivity contribution < 1.29 is 14.3 Å². The molecule has 5 nitrogen and oxygen atoms in total. The number of amides is 2. The average Bonchev–Trinajstić information content (AvgIpc) is 2.82. The van der Waals surface area contributed by atoms with E-state index in [-0.39, 0.29) is 24.5 Å². The number of benzene rings is 1. The van der Waals surface area contributed by atoms with Crippen molar-refractivity contribution in [3.63, 3.8) is 0 Å². The van der Waals surface area contributed by atoms with E-state index >= 15 is 0 Å². The Balaban J connectivity index is 1.76. The van der Waals surface area contributed by atoms with Crippen LogP contribution in [0.3, 0.4) is 0 Å². The maximum Gasteiger partial charge on any atom is 0.258 e. The van der Waals surface area contributed by atoms with E-state index in [0.29, 0.717) is 24.6 Å². The molecule has 1 aliphatic rings. The quantitative estimate of drug-likeness (QED) is 0.849. The van der Waals surface area contributed by atoms with Gasteiger partial charge in [-0.15, -0.1) is 0 Å². The van der Waals surface area contributed by atoms with Gasteiger partial charge in [-0.3, -0.25) is 9.59 Å². The minimum Gasteiger partial charge on any atom is -0.484 e. The van der Waals surface area contributed by atoms with E-state index < -0.39 is 0 Å². The first-order valence-electron chi connectivity index (χ1n) is 6.83. The lowest BCUT2D eigenvalue weighted by molar-refractivity contribution is -0.123. The highest BCUT2D eigenvalue weighted by molar-refractivity contribution is 5.82. The van der Waals surface area contributed by atoms with Crippen LogP contribution in [0, 0.1) is 0 Å². The van der Waals surface area contributed by atoms with Gasteiger partial charge >= 0.3 is 0 Å². The SMILES string of the molecule is CC(C)c1ccc(OCC(=O)NC2CNC(=O)C2)cc1. The van der Waals surface area contributed by atoms with Crippen LogP contribution < -0.4 is 15.4 Å². The first-order valence-corrected chi connectivity index (χ1v) is 6.83. The summed E-state index contributed by atoms with van der Waals surface area (Å²) in [7, 11) is 0. The van der Waals surface area contributed by atoms with Crippen LogP contribution in [0.1, 0.15) is 31.7 Å². The molecule has 0 spiro atoms. The molecule has 0 aliphatic carbocycles. The van der Waals surface area contributed by atoms with E-state index in [0.717, 1.165) is 0 Å². The van der Waals surface area contributed by atoms with Crippen LogP contribution in [0.15, 0.2) is 24.3 Å². The van der Waals surface area contributed by atoms with Crippen molar-refractivity contribution in [1.82, 2.24) is 10.6 Å². The van der Waals surface area contributed by atoms with Crippen LogP contribution >= 0.6 is 0 Å². The zero-order valence-corrected chi connectivity index (χ0v) is 11.8. The number of rotatable bonds is 5. The molecule has 1 aromatic rings. The lowest BCUT2D eigenvalue weighted by Gasteiger charge is -2.12. The first kappa shape index (κ1) is 14.4. The Morgan fingerprint density at radius 1 is 1.40 bits per heavy atom. The van der Waals surface area contributed by atoms with Crippen molar-refractivity contribution in [1.29, 1.82) is 0 Å². The number of hydrogen-bond acceptors (Lipinski definition) is 3. The summed E-state index contributed by atoms with van der Waals surface area (Å²) >= 11 is 0. The summed E-state index contributed by atoms with van der Waals surface area (Å²) in [5, 5.41) is 5.43. The van der Waals surface area contributed by atoms with Crippen LogP contribution in [0.25, 0.3) is 0 Å². The molecule has 2 N–H and O–H groups in total. The Labute approximate surface area is 118 Å². The summed E-state index contributed by atoms with van der Waals surface area (Å²) in [5.74, 6) is 0.907. The van der Waals surface area contributed by atoms with Gasteiger partial charge in [0.15, 0.2) is 6.61 Å². The monoisotopic (exact) mass is 276 g/mol. The van der Waals surface area contributed by atoms with Gasteiger partial charge in [0.05, 0.1) is 6.04 Å². The van der Waals surface area contributed by atoms with Crippen molar-refractivity contribution in [2.45, 2.75) is 32.2 Å². The number of carbonyl (C=O) groups excluding carboxylic acids is 2. The van der Waals surface area contributed by atoms with Gasteiger partial charge in [-0.1, -0.05) is 26.0 Å². The summed E-state index contributed by atoms with van der Waals surface area (Å²) in [5.41, 5.74) is 1.23. The standard InChI is InChI=1S/C15H20N2O3/c1-10(2)11-3-5-13(6-4-11)20-9-15(19)17-12-7-14(18)16-8-12/h3-6,10,12H,7-9H2,1-2H3,(H,16,18)(H,17,19). The summed E-state index contributed by atoms with van der Waals surface area (Å²) in [4.78, 5) is 22.7. The molecule has 2 amide bonds. The lowest BCUT2D eigenvalue weighted by atomic mass is 10.0. The molecule has 2 rings (SSSR count). The van der Waals surface area contributed by atoms with Gasteiger partial charge in [-0.2, -0.15) is 0 Å². The smallest absolute Gasteiger partial charge is 0.258 e. The molecule has 1 saturated heterocycles. The Morgan fingerprint density at radius 2 is 2.10 bits per heavy atom. The molecule has 5 heteroatoms. The van der Waals surface area contributed by atoms with Gasteiger partial charge in [0.2, 0.25) is 5.91 Å². The van der Waals surface area contributed by atoms with E-state index in [1.165, 1.54) is 5.56 Å². The number of carbonyl (C=O) groups is 2. The van der Waals surface area contributed by atoms with E-state index in [2.05, 4.69) is 24.5 Å². The minimum atomic E-state index is -0.209. The van der Waals surface area contributed by atoms with Gasteiger partial charge in [0.1, 0.15) is 5.75 Å². The number of hydrogen-bond donors (Lipinski definition) is 2. The molecule has 20 heavy (non-hydrogen) atoms. The molecule has 0 saturated carbocycles. The van der Waals surface area contributed by atoms with Gasteiger partial charge < -0.3 is 15.4 Å². The zero-order valence-electron chi connectivity index (χ0n) is 11.8. The molecular formula is C15H20N2O3. The second kappa shape index (κ2) is 6.41. The maximum absolute atomic E-state index is 11.7. The molecule has 0 aromatic heterocycles. The largest absolute Gasteiger partial charge is 0.484 e. The fourth-order valence-corrected chi connectivity index (χ4v) is 2.07. The van der Waals surface area contributed by atoms with Crippen molar-refractivity contribution in [2.24, 2.45) is 0 Å². The van der Waals surface area contributed by atoms with Crippen molar-refractivity contribution >= 4 is 11.8 Å². The molecule has 1 aromatic carbocycles. The predicted molar refractivity (Wildman–Crippen MR) is 75.6 cm³/mol. The lowest BCUT2D eigenvalue weighted by Crippen LogP contribution is -2.39. The summed E-state index contributed by atoms with van der Waals surface area (Å²) in [6.07, 6.45) is 0.342. The van der Waals surface area contributed by atoms with E-state index in [4.69, 9.17) is 4.74 Å². The number of nitrogens with one attached hydrogen (secondary N) is 2. The normalized spacial score (nSPS) is 17.9. The fourth-order valence-electron chi connectivity index (χ4n) is 2.07. The van der Waals surface area contributed by atoms with Crippen molar-refractivity contribution in [3.8, 4) is 5.75 Å². The molecule has 0 radical (unpaired) electrons. The third kappa shape index (κ3) is 3.98. The minimum absolute atomic E-state index is 0.0273. The first-order chi connectivity index (χ1) is 9.54.